The molecule has 170 valence electrons. The van der Waals surface area contributed by atoms with Gasteiger partial charge in [0, 0.05) is 42.1 Å². The van der Waals surface area contributed by atoms with Crippen LogP contribution in [0.1, 0.15) is 25.1 Å². The highest BCUT2D eigenvalue weighted by Crippen LogP contribution is 2.37. The van der Waals surface area contributed by atoms with Crippen molar-refractivity contribution in [3.63, 3.8) is 0 Å². The lowest BCUT2D eigenvalue weighted by molar-refractivity contribution is -0.615. The zero-order valence-electron chi connectivity index (χ0n) is 19.1. The summed E-state index contributed by atoms with van der Waals surface area (Å²) in [5, 5.41) is 13.2. The molecule has 33 heavy (non-hydrogen) atoms. The van der Waals surface area contributed by atoms with Crippen molar-refractivity contribution in [3.8, 4) is 22.3 Å². The van der Waals surface area contributed by atoms with Gasteiger partial charge in [0.2, 0.25) is 5.69 Å². The van der Waals surface area contributed by atoms with Crippen LogP contribution in [0.2, 0.25) is 0 Å². The third kappa shape index (κ3) is 4.34. The van der Waals surface area contributed by atoms with Gasteiger partial charge in [-0.3, -0.25) is 4.98 Å². The molecule has 0 amide bonds. The molecule has 7 heteroatoms. The maximum atomic E-state index is 12.5. The summed E-state index contributed by atoms with van der Waals surface area (Å²) < 4.78 is 29.9. The highest BCUT2D eigenvalue weighted by Gasteiger charge is 2.33. The summed E-state index contributed by atoms with van der Waals surface area (Å²) in [5.41, 5.74) is 5.40. The Bertz CT molecular complexity index is 1450. The Morgan fingerprint density at radius 2 is 1.76 bits per heavy atom. The summed E-state index contributed by atoms with van der Waals surface area (Å²) in [6.45, 7) is 3.67. The van der Waals surface area contributed by atoms with E-state index in [2.05, 4.69) is 4.98 Å². The van der Waals surface area contributed by atoms with Crippen molar-refractivity contribution in [1.29, 1.82) is 0 Å². The van der Waals surface area contributed by atoms with Crippen LogP contribution >= 0.6 is 0 Å². The number of aromatic nitrogens is 2. The first-order valence-electron chi connectivity index (χ1n) is 10.5. The van der Waals surface area contributed by atoms with E-state index in [-0.39, 0.29) is 6.61 Å². The normalized spacial score (nSPS) is 12.2. The molecule has 6 nitrogen and oxygen atoms in total. The number of benzene rings is 2. The molecular formula is C26H26N2O4S. The van der Waals surface area contributed by atoms with Gasteiger partial charge in [-0.15, -0.1) is 0 Å². The fraction of sp³-hybridized carbons (Fsp3) is 0.231. The van der Waals surface area contributed by atoms with Crippen molar-refractivity contribution in [2.45, 2.75) is 25.2 Å². The largest absolute Gasteiger partial charge is 0.618 e. The molecule has 4 aromatic rings. The smallest absolute Gasteiger partial charge is 0.218 e. The molecule has 0 saturated heterocycles. The number of hydrogen-bond acceptors (Lipinski definition) is 5. The second-order valence-corrected chi connectivity index (χ2v) is 11.2. The summed E-state index contributed by atoms with van der Waals surface area (Å²) in [6.07, 6.45) is 4.52. The van der Waals surface area contributed by atoms with Gasteiger partial charge >= 0.3 is 0 Å². The van der Waals surface area contributed by atoms with Crippen LogP contribution in [-0.4, -0.2) is 26.8 Å². The van der Waals surface area contributed by atoms with Gasteiger partial charge < -0.3 is 9.94 Å². The molecule has 0 fully saturated rings. The van der Waals surface area contributed by atoms with E-state index in [9.17, 15) is 13.6 Å². The summed E-state index contributed by atoms with van der Waals surface area (Å²) in [7, 11) is -1.81. The van der Waals surface area contributed by atoms with Crippen LogP contribution in [0.4, 0.5) is 0 Å². The molecular weight excluding hydrogens is 436 g/mol. The van der Waals surface area contributed by atoms with E-state index in [1.54, 1.807) is 33.2 Å². The SMILES string of the molecule is COCc1ccc(-c2cccc(-c3cc(C(C)(C)S(C)(=O)=O)cc4cccnc34)c2)c[n+]1[O-]. The van der Waals surface area contributed by atoms with E-state index in [1.165, 1.54) is 12.5 Å². The molecule has 2 heterocycles. The monoisotopic (exact) mass is 462 g/mol. The molecule has 4 rings (SSSR count). The van der Waals surface area contributed by atoms with Gasteiger partial charge in [0.15, 0.2) is 16.0 Å². The van der Waals surface area contributed by atoms with Crippen molar-refractivity contribution in [2.75, 3.05) is 13.4 Å². The highest BCUT2D eigenvalue weighted by atomic mass is 32.2. The van der Waals surface area contributed by atoms with Crippen LogP contribution in [0.3, 0.4) is 0 Å². The van der Waals surface area contributed by atoms with Crippen LogP contribution < -0.4 is 4.73 Å². The zero-order valence-corrected chi connectivity index (χ0v) is 19.9. The van der Waals surface area contributed by atoms with Gasteiger partial charge in [0.25, 0.3) is 0 Å². The van der Waals surface area contributed by atoms with Gasteiger partial charge in [-0.1, -0.05) is 24.3 Å². The fourth-order valence-corrected chi connectivity index (χ4v) is 4.33. The topological polar surface area (TPSA) is 83.2 Å². The molecule has 0 saturated carbocycles. The molecule has 0 aliphatic heterocycles. The Hall–Kier alpha value is -3.29. The number of rotatable bonds is 6. The number of fused-ring (bicyclic) bond motifs is 1. The minimum absolute atomic E-state index is 0.240. The standard InChI is InChI=1S/C26H26N2O4S/c1-26(2,33(4,30)31)22-14-20-9-6-12-27-25(20)24(15-22)19-8-5-7-18(13-19)21-10-11-23(17-32-3)28(29)16-21/h5-16H,17H2,1-4H3. The average molecular weight is 463 g/mol. The van der Waals surface area contributed by atoms with Crippen molar-refractivity contribution in [2.24, 2.45) is 0 Å². The Morgan fingerprint density at radius 1 is 1.00 bits per heavy atom. The van der Waals surface area contributed by atoms with E-state index in [4.69, 9.17) is 4.74 Å². The lowest BCUT2D eigenvalue weighted by Crippen LogP contribution is -2.31. The third-order valence-corrected chi connectivity index (χ3v) is 8.21. The van der Waals surface area contributed by atoms with E-state index < -0.39 is 14.6 Å². The molecule has 0 bridgehead atoms. The molecule has 0 atom stereocenters. The highest BCUT2D eigenvalue weighted by molar-refractivity contribution is 7.91. The van der Waals surface area contributed by atoms with Gasteiger partial charge in [-0.05, 0) is 60.9 Å². The number of nitrogens with zero attached hydrogens (tertiary/aromatic N) is 2. The van der Waals surface area contributed by atoms with E-state index in [1.807, 2.05) is 54.6 Å². The summed E-state index contributed by atoms with van der Waals surface area (Å²) >= 11 is 0. The summed E-state index contributed by atoms with van der Waals surface area (Å²) in [4.78, 5) is 4.57. The maximum Gasteiger partial charge on any atom is 0.218 e. The van der Waals surface area contributed by atoms with Gasteiger partial charge in [-0.25, -0.2) is 8.42 Å². The summed E-state index contributed by atoms with van der Waals surface area (Å²) in [6, 6.07) is 19.0. The number of hydrogen-bond donors (Lipinski definition) is 0. The number of sulfone groups is 1. The second-order valence-electron chi connectivity index (χ2n) is 8.63. The zero-order chi connectivity index (χ0) is 23.8. The van der Waals surface area contributed by atoms with Crippen LogP contribution in [0.5, 0.6) is 0 Å². The summed E-state index contributed by atoms with van der Waals surface area (Å²) in [5.74, 6) is 0. The molecule has 0 radical (unpaired) electrons. The minimum Gasteiger partial charge on any atom is -0.618 e. The molecule has 2 aromatic carbocycles. The van der Waals surface area contributed by atoms with Gasteiger partial charge in [0.1, 0.15) is 6.61 Å². The second kappa shape index (κ2) is 8.57. The van der Waals surface area contributed by atoms with E-state index in [0.717, 1.165) is 37.9 Å². The Kier molecular flexibility index (Phi) is 5.95. The third-order valence-electron chi connectivity index (χ3n) is 6.12. The lowest BCUT2D eigenvalue weighted by atomic mass is 9.92. The fourth-order valence-electron chi connectivity index (χ4n) is 3.78. The number of ether oxygens (including phenoxy) is 1. The quantitative estimate of drug-likeness (QED) is 0.308. The van der Waals surface area contributed by atoms with Crippen LogP contribution in [-0.2, 0) is 25.9 Å². The number of methoxy groups -OCH3 is 1. The first kappa shape index (κ1) is 22.9. The van der Waals surface area contributed by atoms with E-state index >= 15 is 0 Å². The Labute approximate surface area is 194 Å². The Balaban J connectivity index is 1.89. The molecule has 0 spiro atoms. The van der Waals surface area contributed by atoms with Crippen molar-refractivity contribution >= 4 is 20.7 Å². The molecule has 0 unspecified atom stereocenters. The predicted molar refractivity (Wildman–Crippen MR) is 130 cm³/mol. The molecule has 0 aliphatic rings. The molecule has 2 aromatic heterocycles. The van der Waals surface area contributed by atoms with Gasteiger partial charge in [-0.2, -0.15) is 4.73 Å². The Morgan fingerprint density at radius 3 is 2.45 bits per heavy atom. The first-order valence-corrected chi connectivity index (χ1v) is 12.4. The molecule has 0 aliphatic carbocycles. The van der Waals surface area contributed by atoms with E-state index in [0.29, 0.717) is 11.3 Å². The maximum absolute atomic E-state index is 12.5. The van der Waals surface area contributed by atoms with Crippen LogP contribution in [0, 0.1) is 5.21 Å². The lowest BCUT2D eigenvalue weighted by Gasteiger charge is -2.24. The minimum atomic E-state index is -3.36. The van der Waals surface area contributed by atoms with Crippen molar-refractivity contribution in [3.05, 3.63) is 89.5 Å². The number of pyridine rings is 2. The van der Waals surface area contributed by atoms with Crippen molar-refractivity contribution < 1.29 is 17.9 Å². The molecule has 0 N–H and O–H groups in total. The van der Waals surface area contributed by atoms with Crippen LogP contribution in [0.25, 0.3) is 33.2 Å². The van der Waals surface area contributed by atoms with Crippen LogP contribution in [0.15, 0.2) is 73.1 Å². The first-order chi connectivity index (χ1) is 15.6. The average Bonchev–Trinajstić information content (AvgIpc) is 2.79. The predicted octanol–water partition coefficient (Wildman–Crippen LogP) is 4.63. The van der Waals surface area contributed by atoms with Gasteiger partial charge in [0.05, 0.1) is 10.3 Å². The van der Waals surface area contributed by atoms with Crippen molar-refractivity contribution in [1.82, 2.24) is 4.98 Å².